The van der Waals surface area contributed by atoms with Gasteiger partial charge < -0.3 is 157 Å². The van der Waals surface area contributed by atoms with E-state index in [2.05, 4.69) is 47.9 Å². The number of nitrogens with two attached hydrogens (primary N) is 1. The molecule has 0 bridgehead atoms. The number of methoxy groups -OCH3 is 1. The van der Waals surface area contributed by atoms with E-state index in [0.29, 0.717) is 90.2 Å². The zero-order valence-corrected chi connectivity index (χ0v) is 69.0. The summed E-state index contributed by atoms with van der Waals surface area (Å²) >= 11 is 0. The van der Waals surface area contributed by atoms with Gasteiger partial charge in [0.25, 0.3) is 0 Å². The molecule has 4 saturated heterocycles. The number of hydrogen-bond acceptors (Lipinski definition) is 31. The van der Waals surface area contributed by atoms with Crippen molar-refractivity contribution < 1.29 is 146 Å². The molecule has 21 N–H and O–H groups in total. The van der Waals surface area contributed by atoms with Crippen molar-refractivity contribution in [2.45, 2.75) is 290 Å². The largest absolute Gasteiger partial charge is 0.394 e. The lowest BCUT2D eigenvalue weighted by molar-refractivity contribution is -0.270. The van der Waals surface area contributed by atoms with Crippen LogP contribution in [0, 0.1) is 0 Å². The summed E-state index contributed by atoms with van der Waals surface area (Å²) in [5, 5.41) is 125. The summed E-state index contributed by atoms with van der Waals surface area (Å²) in [7, 11) is 1.57. The van der Waals surface area contributed by atoms with E-state index in [1.165, 1.54) is 13.8 Å². The van der Waals surface area contributed by atoms with Crippen LogP contribution in [0.4, 0.5) is 0 Å². The van der Waals surface area contributed by atoms with E-state index in [4.69, 9.17) is 53.1 Å². The SMILES string of the molecule is COC[C@@H]1C[C@@H](O)CN1C(=O)CCCCCCCCCCC(=O)NC(COCCC(=O)NCCCNC(=O)CCCCOC1OC(CO)C(O)C(O)C1N)(COCCC(=O)NCCCNC(=O)CCCCOC1OC(CO)C(O)C(O)C1NC(C)=O)COCCC(=O)NCCCNC(=O)CCCCOC1OC(CO)C(O)C(O)C1NC(C)=O. The van der Waals surface area contributed by atoms with Crippen molar-refractivity contribution in [2.75, 3.05) is 139 Å². The topological polar surface area (TPSA) is 603 Å². The van der Waals surface area contributed by atoms with E-state index in [1.54, 1.807) is 12.0 Å². The minimum atomic E-state index is -1.46. The van der Waals surface area contributed by atoms with Gasteiger partial charge in [-0.05, 0) is 77.0 Å². The van der Waals surface area contributed by atoms with Gasteiger partial charge in [0.15, 0.2) is 18.9 Å². The number of unbranched alkanes of at least 4 members (excludes halogenated alkanes) is 10. The number of likely N-dealkylation sites (tertiary alicyclic amines) is 1. The van der Waals surface area contributed by atoms with Crippen LogP contribution in [0.15, 0.2) is 0 Å². The average molecular weight is 1700 g/mol. The molecule has 41 heteroatoms. The van der Waals surface area contributed by atoms with E-state index in [1.807, 2.05) is 0 Å². The fraction of sp³-hybridized carbons (Fsp3) is 0.870. The van der Waals surface area contributed by atoms with Crippen molar-refractivity contribution in [3.63, 3.8) is 0 Å². The van der Waals surface area contributed by atoms with Crippen molar-refractivity contribution in [1.82, 2.24) is 52.8 Å². The summed E-state index contributed by atoms with van der Waals surface area (Å²) in [6, 6.07) is -3.36. The van der Waals surface area contributed by atoms with Crippen LogP contribution in [0.2, 0.25) is 0 Å². The van der Waals surface area contributed by atoms with Gasteiger partial charge in [0.05, 0.1) is 84.3 Å². The molecular weight excluding hydrogens is 1560 g/mol. The van der Waals surface area contributed by atoms with Crippen LogP contribution in [-0.4, -0.2) is 363 Å². The smallest absolute Gasteiger partial charge is 0.222 e. The molecular formula is C77H139N11O30. The van der Waals surface area contributed by atoms with E-state index in [9.17, 15) is 99.0 Å². The number of aliphatic hydroxyl groups excluding tert-OH is 10. The molecule has 0 aromatic heterocycles. The number of carbonyl (C=O) groups is 10. The highest BCUT2D eigenvalue weighted by Gasteiger charge is 2.48. The third kappa shape index (κ3) is 41.6. The normalized spacial score (nSPS) is 25.5. The van der Waals surface area contributed by atoms with Crippen LogP contribution in [0.1, 0.15) is 181 Å². The number of nitrogens with zero attached hydrogens (tertiary/aromatic N) is 1. The molecule has 0 radical (unpaired) electrons. The Morgan fingerprint density at radius 3 is 1.08 bits per heavy atom. The number of aliphatic hydroxyl groups is 10. The summed E-state index contributed by atoms with van der Waals surface area (Å²) in [5.74, 6) is -3.16. The molecule has 4 fully saturated rings. The number of carbonyl (C=O) groups excluding carboxylic acids is 10. The summed E-state index contributed by atoms with van der Waals surface area (Å²) in [6.07, 6.45) is -4.51. The van der Waals surface area contributed by atoms with Crippen LogP contribution in [0.3, 0.4) is 0 Å². The Labute approximate surface area is 690 Å². The molecule has 15 unspecified atom stereocenters. The molecule has 0 aliphatic carbocycles. The van der Waals surface area contributed by atoms with E-state index in [0.717, 1.165) is 44.9 Å². The van der Waals surface area contributed by atoms with Crippen LogP contribution < -0.4 is 53.6 Å². The van der Waals surface area contributed by atoms with Gasteiger partial charge in [-0.3, -0.25) is 47.9 Å². The van der Waals surface area contributed by atoms with Gasteiger partial charge >= 0.3 is 0 Å². The molecule has 4 aliphatic rings. The van der Waals surface area contributed by atoms with Gasteiger partial charge in [0.2, 0.25) is 59.1 Å². The van der Waals surface area contributed by atoms with Gasteiger partial charge in [-0.25, -0.2) is 0 Å². The van der Waals surface area contributed by atoms with Crippen molar-refractivity contribution >= 4 is 59.1 Å². The molecule has 0 aromatic carbocycles. The Morgan fingerprint density at radius 2 is 0.720 bits per heavy atom. The van der Waals surface area contributed by atoms with Gasteiger partial charge in [0.1, 0.15) is 72.6 Å². The lowest BCUT2D eigenvalue weighted by atomic mass is 9.97. The molecule has 17 atom stereocenters. The highest BCUT2D eigenvalue weighted by Crippen LogP contribution is 2.27. The molecule has 10 amide bonds. The number of hydrogen-bond donors (Lipinski definition) is 20. The second kappa shape index (κ2) is 60.4. The molecule has 0 aromatic rings. The van der Waals surface area contributed by atoms with Crippen LogP contribution in [-0.2, 0) is 95.3 Å². The maximum atomic E-state index is 14.0. The molecule has 682 valence electrons. The second-order valence-corrected chi connectivity index (χ2v) is 30.4. The van der Waals surface area contributed by atoms with Crippen molar-refractivity contribution in [2.24, 2.45) is 5.73 Å². The summed E-state index contributed by atoms with van der Waals surface area (Å²) in [4.78, 5) is 129. The first kappa shape index (κ1) is 104. The Hall–Kier alpha value is -6.14. The second-order valence-electron chi connectivity index (χ2n) is 30.4. The van der Waals surface area contributed by atoms with Gasteiger partial charge in [-0.2, -0.15) is 0 Å². The molecule has 0 spiro atoms. The minimum absolute atomic E-state index is 0.0137. The number of β-amino-alcohol motifs (C(OH)–C–C–N with tert-alkyl or cyclic N) is 1. The van der Waals surface area contributed by atoms with Crippen LogP contribution >= 0.6 is 0 Å². The first-order valence-electron chi connectivity index (χ1n) is 41.8. The van der Waals surface area contributed by atoms with Crippen molar-refractivity contribution in [1.29, 1.82) is 0 Å². The predicted octanol–water partition coefficient (Wildman–Crippen LogP) is -5.35. The third-order valence-electron chi connectivity index (χ3n) is 20.2. The average Bonchev–Trinajstić information content (AvgIpc) is 1.03. The predicted molar refractivity (Wildman–Crippen MR) is 419 cm³/mol. The fourth-order valence-corrected chi connectivity index (χ4v) is 13.6. The van der Waals surface area contributed by atoms with E-state index in [-0.39, 0.29) is 197 Å². The first-order valence-corrected chi connectivity index (χ1v) is 41.8. The summed E-state index contributed by atoms with van der Waals surface area (Å²) in [5.41, 5.74) is 4.51. The molecule has 41 nitrogen and oxygen atoms in total. The summed E-state index contributed by atoms with van der Waals surface area (Å²) in [6.45, 7) is 2.02. The highest BCUT2D eigenvalue weighted by atomic mass is 16.7. The number of nitrogens with one attached hydrogen (secondary N) is 9. The zero-order valence-electron chi connectivity index (χ0n) is 69.0. The maximum absolute atomic E-state index is 14.0. The first-order chi connectivity index (χ1) is 56.7. The van der Waals surface area contributed by atoms with E-state index < -0.39 is 135 Å². The number of ether oxygens (including phenoxy) is 10. The molecule has 4 rings (SSSR count). The molecule has 118 heavy (non-hydrogen) atoms. The highest BCUT2D eigenvalue weighted by molar-refractivity contribution is 5.79. The van der Waals surface area contributed by atoms with Gasteiger partial charge in [-0.15, -0.1) is 0 Å². The van der Waals surface area contributed by atoms with Crippen molar-refractivity contribution in [3.8, 4) is 0 Å². The Morgan fingerprint density at radius 1 is 0.398 bits per heavy atom. The summed E-state index contributed by atoms with van der Waals surface area (Å²) < 4.78 is 57.3. The Balaban J connectivity index is 1.29. The standard InChI is InChI=1S/C77H139N11O30/c1-50(92)85-66-72(107)69(104)55(44-90)117-75(66)114-36-16-13-22-58(96)80-30-19-33-83-61(99)27-39-111-48-77(87-63(101)24-10-8-6-4-5-7-9-11-25-64(102)88-42-53(94)41-52(88)46-109-3,47-110-38-26-60(98)82-32-18-29-79-57(95)21-12-15-35-113-74-65(78)71(106)68(103)54(43-89)116-74)49-112-40-28-62(100)84-34-20-31-81-59(97)23-14-17-37-115-76-67(86-51(2)93)73(108)70(105)56(45-91)118-76/h52-56,65-76,89-91,94,103-108H,4-49,78H2,1-3H3,(H,79,95)(H,80,96)(H,81,97)(H,82,98)(H,83,99)(H,84,100)(H,85,92)(H,86,93)(H,87,101)/t52-,53+,54?,55?,56?,65?,66?,67?,68?,69?,70?,71?,72?,73?,74?,75?,76?,77?/m0/s1. The lowest BCUT2D eigenvalue weighted by Gasteiger charge is -2.42. The number of amides is 10. The van der Waals surface area contributed by atoms with Crippen LogP contribution in [0.25, 0.3) is 0 Å². The maximum Gasteiger partial charge on any atom is 0.222 e. The molecule has 4 heterocycles. The number of rotatable bonds is 64. The van der Waals surface area contributed by atoms with Crippen LogP contribution in [0.5, 0.6) is 0 Å². The van der Waals surface area contributed by atoms with Crippen molar-refractivity contribution in [3.05, 3.63) is 0 Å². The third-order valence-corrected chi connectivity index (χ3v) is 20.2. The quantitative estimate of drug-likeness (QED) is 0.0253. The van der Waals surface area contributed by atoms with Gasteiger partial charge in [-0.1, -0.05) is 38.5 Å². The monoisotopic (exact) mass is 1700 g/mol. The minimum Gasteiger partial charge on any atom is -0.394 e. The Bertz CT molecular complexity index is 2780. The lowest BCUT2D eigenvalue weighted by Crippen LogP contribution is -2.64. The Kier molecular flexibility index (Phi) is 53.3. The molecule has 4 aliphatic heterocycles. The molecule has 0 saturated carbocycles. The fourth-order valence-electron chi connectivity index (χ4n) is 13.6. The van der Waals surface area contributed by atoms with E-state index >= 15 is 0 Å². The van der Waals surface area contributed by atoms with Gasteiger partial charge in [0, 0.05) is 138 Å². The zero-order chi connectivity index (χ0) is 86.6.